The quantitative estimate of drug-likeness (QED) is 0.726. The zero-order valence-corrected chi connectivity index (χ0v) is 11.1. The van der Waals surface area contributed by atoms with Gasteiger partial charge in [0.15, 0.2) is 0 Å². The molecule has 15 heavy (non-hydrogen) atoms. The second-order valence-electron chi connectivity index (χ2n) is 5.07. The summed E-state index contributed by atoms with van der Waals surface area (Å²) in [4.78, 5) is 12.1. The highest BCUT2D eigenvalue weighted by Gasteiger charge is 2.37. The number of methoxy groups -OCH3 is 1. The minimum Gasteiger partial charge on any atom is -0.379 e. The molecule has 0 amide bonds. The Morgan fingerprint density at radius 1 is 1.53 bits per heavy atom. The molecule has 0 bridgehead atoms. The van der Waals surface area contributed by atoms with Crippen LogP contribution in [0.3, 0.4) is 0 Å². The topological polar surface area (TPSA) is 26.3 Å². The van der Waals surface area contributed by atoms with E-state index in [4.69, 9.17) is 4.74 Å². The van der Waals surface area contributed by atoms with Crippen molar-refractivity contribution in [3.05, 3.63) is 0 Å². The van der Waals surface area contributed by atoms with Crippen LogP contribution in [-0.2, 0) is 9.53 Å². The number of ether oxygens (including phenoxy) is 1. The molecule has 0 aliphatic carbocycles. The summed E-state index contributed by atoms with van der Waals surface area (Å²) in [6, 6.07) is 0. The number of carbonyl (C=O) groups is 1. The second kappa shape index (κ2) is 4.88. The van der Waals surface area contributed by atoms with E-state index in [0.29, 0.717) is 12.2 Å². The van der Waals surface area contributed by atoms with Crippen LogP contribution in [0.5, 0.6) is 0 Å². The van der Waals surface area contributed by atoms with E-state index in [0.717, 1.165) is 18.6 Å². The van der Waals surface area contributed by atoms with E-state index in [1.54, 1.807) is 7.11 Å². The van der Waals surface area contributed by atoms with Gasteiger partial charge in [-0.25, -0.2) is 0 Å². The van der Waals surface area contributed by atoms with Crippen LogP contribution in [0.4, 0.5) is 0 Å². The molecule has 0 saturated carbocycles. The van der Waals surface area contributed by atoms with Crippen molar-refractivity contribution in [2.45, 2.75) is 56.8 Å². The van der Waals surface area contributed by atoms with Gasteiger partial charge in [0.2, 0.25) is 0 Å². The maximum atomic E-state index is 12.1. The lowest BCUT2D eigenvalue weighted by Crippen LogP contribution is -2.31. The number of rotatable bonds is 5. The smallest absolute Gasteiger partial charge is 0.148 e. The third-order valence-electron chi connectivity index (χ3n) is 3.32. The number of Topliss-reactive ketones (excluding diaryl/α,β-unsaturated/α-hetero) is 1. The van der Waals surface area contributed by atoms with Crippen molar-refractivity contribution < 1.29 is 9.53 Å². The van der Waals surface area contributed by atoms with E-state index < -0.39 is 0 Å². The fourth-order valence-electron chi connectivity index (χ4n) is 1.78. The van der Waals surface area contributed by atoms with Crippen molar-refractivity contribution in [2.75, 3.05) is 12.9 Å². The Bertz CT molecular complexity index is 230. The Morgan fingerprint density at radius 2 is 2.20 bits per heavy atom. The summed E-state index contributed by atoms with van der Waals surface area (Å²) in [6.45, 7) is 6.15. The molecule has 0 N–H and O–H groups in total. The highest BCUT2D eigenvalue weighted by Crippen LogP contribution is 2.39. The van der Waals surface area contributed by atoms with Crippen LogP contribution in [0.2, 0.25) is 0 Å². The van der Waals surface area contributed by atoms with Gasteiger partial charge in [-0.05, 0) is 45.8 Å². The minimum atomic E-state index is -0.171. The maximum absolute atomic E-state index is 12.1. The molecule has 2 nitrogen and oxygen atoms in total. The molecule has 1 aliphatic rings. The third kappa shape index (κ3) is 3.49. The van der Waals surface area contributed by atoms with Gasteiger partial charge in [-0.1, -0.05) is 0 Å². The lowest BCUT2D eigenvalue weighted by molar-refractivity contribution is -0.122. The fourth-order valence-corrected chi connectivity index (χ4v) is 3.07. The first kappa shape index (κ1) is 13.0. The molecule has 0 aromatic heterocycles. The van der Waals surface area contributed by atoms with Crippen molar-refractivity contribution in [3.63, 3.8) is 0 Å². The Kier molecular flexibility index (Phi) is 4.24. The highest BCUT2D eigenvalue weighted by molar-refractivity contribution is 8.01. The van der Waals surface area contributed by atoms with Gasteiger partial charge in [0.25, 0.3) is 0 Å². The summed E-state index contributed by atoms with van der Waals surface area (Å²) < 4.78 is 5.22. The molecular formula is C12H22O2S. The maximum Gasteiger partial charge on any atom is 0.148 e. The molecule has 1 atom stereocenters. The van der Waals surface area contributed by atoms with Crippen molar-refractivity contribution >= 4 is 17.5 Å². The van der Waals surface area contributed by atoms with Crippen LogP contribution in [0, 0.1) is 0 Å². The predicted octanol–water partition coefficient (Wildman–Crippen LogP) is 3.05. The van der Waals surface area contributed by atoms with Gasteiger partial charge in [0.05, 0.1) is 10.3 Å². The van der Waals surface area contributed by atoms with E-state index in [2.05, 4.69) is 6.92 Å². The normalized spacial score (nSPS) is 26.9. The number of ketones is 1. The largest absolute Gasteiger partial charge is 0.379 e. The standard InChI is InChI=1S/C12H22O2S/c1-11(2,14-4)8-6-10(13)12(3)7-5-9-15-12/h5-9H2,1-4H3. The predicted molar refractivity (Wildman–Crippen MR) is 65.4 cm³/mol. The van der Waals surface area contributed by atoms with Crippen molar-refractivity contribution in [1.29, 1.82) is 0 Å². The first-order valence-electron chi connectivity index (χ1n) is 5.62. The molecule has 0 aromatic carbocycles. The molecule has 1 heterocycles. The molecular weight excluding hydrogens is 208 g/mol. The Hall–Kier alpha value is -0.0200. The van der Waals surface area contributed by atoms with Crippen LogP contribution >= 0.6 is 11.8 Å². The van der Waals surface area contributed by atoms with Crippen molar-refractivity contribution in [2.24, 2.45) is 0 Å². The average Bonchev–Trinajstić information content (AvgIpc) is 2.63. The lowest BCUT2D eigenvalue weighted by Gasteiger charge is -2.26. The van der Waals surface area contributed by atoms with Crippen LogP contribution < -0.4 is 0 Å². The summed E-state index contributed by atoms with van der Waals surface area (Å²) in [7, 11) is 1.70. The van der Waals surface area contributed by atoms with Gasteiger partial charge in [-0.3, -0.25) is 4.79 Å². The van der Waals surface area contributed by atoms with Crippen molar-refractivity contribution in [1.82, 2.24) is 0 Å². The number of hydrogen-bond donors (Lipinski definition) is 0. The van der Waals surface area contributed by atoms with E-state index >= 15 is 0 Å². The van der Waals surface area contributed by atoms with E-state index in [1.165, 1.54) is 6.42 Å². The number of carbonyl (C=O) groups excluding carboxylic acids is 1. The van der Waals surface area contributed by atoms with Gasteiger partial charge < -0.3 is 4.74 Å². The van der Waals surface area contributed by atoms with Gasteiger partial charge in [-0.15, -0.1) is 11.8 Å². The van der Waals surface area contributed by atoms with Crippen LogP contribution in [-0.4, -0.2) is 29.0 Å². The molecule has 0 aromatic rings. The summed E-state index contributed by atoms with van der Waals surface area (Å²) in [6.07, 6.45) is 3.69. The molecule has 3 heteroatoms. The Labute approximate surface area is 97.1 Å². The van der Waals surface area contributed by atoms with E-state index in [9.17, 15) is 4.79 Å². The molecule has 88 valence electrons. The fraction of sp³-hybridized carbons (Fsp3) is 0.917. The van der Waals surface area contributed by atoms with Gasteiger partial charge in [-0.2, -0.15) is 0 Å². The van der Waals surface area contributed by atoms with Gasteiger partial charge >= 0.3 is 0 Å². The molecule has 1 aliphatic heterocycles. The van der Waals surface area contributed by atoms with Gasteiger partial charge in [0, 0.05) is 13.5 Å². The zero-order valence-electron chi connectivity index (χ0n) is 10.3. The molecule has 0 radical (unpaired) electrons. The van der Waals surface area contributed by atoms with E-state index in [-0.39, 0.29) is 10.3 Å². The second-order valence-corrected chi connectivity index (χ2v) is 6.67. The van der Waals surface area contributed by atoms with Crippen LogP contribution in [0.15, 0.2) is 0 Å². The minimum absolute atomic E-state index is 0.107. The lowest BCUT2D eigenvalue weighted by atomic mass is 9.92. The van der Waals surface area contributed by atoms with Crippen molar-refractivity contribution in [3.8, 4) is 0 Å². The summed E-state index contributed by atoms with van der Waals surface area (Å²) in [5, 5.41) is 0. The zero-order chi connectivity index (χ0) is 11.5. The van der Waals surface area contributed by atoms with Gasteiger partial charge in [0.1, 0.15) is 5.78 Å². The SMILES string of the molecule is COC(C)(C)CCC(=O)C1(C)CCCS1. The van der Waals surface area contributed by atoms with E-state index in [1.807, 2.05) is 25.6 Å². The first-order valence-corrected chi connectivity index (χ1v) is 6.61. The summed E-state index contributed by atoms with van der Waals surface area (Å²) in [5.74, 6) is 1.53. The Balaban J connectivity index is 2.42. The molecule has 1 rings (SSSR count). The summed E-state index contributed by atoms with van der Waals surface area (Å²) in [5.41, 5.74) is -0.171. The van der Waals surface area contributed by atoms with Crippen LogP contribution in [0.1, 0.15) is 46.5 Å². The molecule has 1 fully saturated rings. The molecule has 1 saturated heterocycles. The average molecular weight is 230 g/mol. The number of thioether (sulfide) groups is 1. The molecule has 0 spiro atoms. The Morgan fingerprint density at radius 3 is 2.67 bits per heavy atom. The summed E-state index contributed by atoms with van der Waals surface area (Å²) >= 11 is 1.82. The highest BCUT2D eigenvalue weighted by atomic mass is 32.2. The monoisotopic (exact) mass is 230 g/mol. The molecule has 1 unspecified atom stereocenters. The number of hydrogen-bond acceptors (Lipinski definition) is 3. The van der Waals surface area contributed by atoms with Crippen LogP contribution in [0.25, 0.3) is 0 Å². The first-order chi connectivity index (χ1) is 6.90. The third-order valence-corrected chi connectivity index (χ3v) is 4.88.